The monoisotopic (exact) mass is 364 g/mol. The van der Waals surface area contributed by atoms with Gasteiger partial charge in [0.2, 0.25) is 0 Å². The molecule has 0 aliphatic carbocycles. The first-order valence-electron chi connectivity index (χ1n) is 5.77. The molecular formula is C13H13ClO6S2. The van der Waals surface area contributed by atoms with Crippen molar-refractivity contribution in [3.05, 3.63) is 59.1 Å². The van der Waals surface area contributed by atoms with Crippen molar-refractivity contribution in [2.75, 3.05) is 0 Å². The van der Waals surface area contributed by atoms with E-state index >= 15 is 0 Å². The number of hydrogen-bond donors (Lipinski definition) is 2. The highest BCUT2D eigenvalue weighted by atomic mass is 35.5. The molecule has 0 bridgehead atoms. The van der Waals surface area contributed by atoms with E-state index in [9.17, 15) is 16.8 Å². The summed E-state index contributed by atoms with van der Waals surface area (Å²) >= 11 is 5.49. The minimum absolute atomic E-state index is 0.0666. The van der Waals surface area contributed by atoms with Gasteiger partial charge in [0.05, 0.1) is 9.79 Å². The molecule has 0 spiro atoms. The molecule has 0 unspecified atom stereocenters. The Labute approximate surface area is 133 Å². The van der Waals surface area contributed by atoms with Crippen LogP contribution in [0.3, 0.4) is 0 Å². The second-order valence-electron chi connectivity index (χ2n) is 4.22. The minimum Gasteiger partial charge on any atom is -0.282 e. The number of benzene rings is 2. The lowest BCUT2D eigenvalue weighted by molar-refractivity contribution is 0.481. The van der Waals surface area contributed by atoms with Crippen LogP contribution in [0.1, 0.15) is 5.56 Å². The van der Waals surface area contributed by atoms with Gasteiger partial charge >= 0.3 is 0 Å². The highest BCUT2D eigenvalue weighted by Crippen LogP contribution is 2.13. The fraction of sp³-hybridized carbons (Fsp3) is 0.0769. The second kappa shape index (κ2) is 7.21. The molecule has 2 N–H and O–H groups in total. The Hall–Kier alpha value is -1.45. The minimum atomic E-state index is -4.08. The van der Waals surface area contributed by atoms with E-state index in [0.717, 1.165) is 5.56 Å². The third-order valence-corrected chi connectivity index (χ3v) is 4.42. The van der Waals surface area contributed by atoms with Crippen molar-refractivity contribution in [2.45, 2.75) is 16.7 Å². The molecule has 0 heterocycles. The first-order valence-corrected chi connectivity index (χ1v) is 9.03. The molecule has 0 saturated carbocycles. The van der Waals surface area contributed by atoms with Gasteiger partial charge in [-0.1, -0.05) is 29.3 Å². The zero-order valence-electron chi connectivity index (χ0n) is 11.3. The largest absolute Gasteiger partial charge is 0.294 e. The van der Waals surface area contributed by atoms with Gasteiger partial charge in [-0.25, -0.2) is 0 Å². The highest BCUT2D eigenvalue weighted by Gasteiger charge is 2.07. The molecule has 0 atom stereocenters. The number of hydrogen-bond acceptors (Lipinski definition) is 4. The van der Waals surface area contributed by atoms with Crippen LogP contribution in [-0.2, 0) is 20.2 Å². The molecule has 0 amide bonds. The lowest BCUT2D eigenvalue weighted by atomic mass is 10.2. The zero-order valence-corrected chi connectivity index (χ0v) is 13.7. The van der Waals surface area contributed by atoms with Crippen LogP contribution in [0.5, 0.6) is 0 Å². The fourth-order valence-electron chi connectivity index (χ4n) is 1.32. The van der Waals surface area contributed by atoms with E-state index < -0.39 is 20.2 Å². The first-order chi connectivity index (χ1) is 10.00. The molecule has 0 fully saturated rings. The van der Waals surface area contributed by atoms with Crippen LogP contribution in [0.4, 0.5) is 0 Å². The predicted octanol–water partition coefficient (Wildman–Crippen LogP) is 2.83. The summed E-state index contributed by atoms with van der Waals surface area (Å²) in [4.78, 5) is -0.218. The summed E-state index contributed by atoms with van der Waals surface area (Å²) in [5.41, 5.74) is 0.956. The molecule has 2 aromatic rings. The summed E-state index contributed by atoms with van der Waals surface area (Å²) in [6, 6.07) is 11.2. The topological polar surface area (TPSA) is 109 Å². The maximum atomic E-state index is 10.5. The van der Waals surface area contributed by atoms with Gasteiger partial charge in [-0.05, 0) is 43.3 Å². The summed E-state index contributed by atoms with van der Waals surface area (Å²) < 4.78 is 59.0. The molecular weight excluding hydrogens is 352 g/mol. The third-order valence-electron chi connectivity index (χ3n) is 2.43. The summed E-state index contributed by atoms with van der Waals surface area (Å²) in [7, 11) is -8.10. The van der Waals surface area contributed by atoms with Crippen LogP contribution in [-0.4, -0.2) is 25.9 Å². The first kappa shape index (κ1) is 18.6. The Morgan fingerprint density at radius 3 is 1.36 bits per heavy atom. The molecule has 22 heavy (non-hydrogen) atoms. The van der Waals surface area contributed by atoms with E-state index in [1.54, 1.807) is 12.1 Å². The van der Waals surface area contributed by atoms with Crippen molar-refractivity contribution in [3.8, 4) is 0 Å². The Morgan fingerprint density at radius 2 is 1.05 bits per heavy atom. The molecule has 0 aliphatic rings. The lowest BCUT2D eigenvalue weighted by Gasteiger charge is -1.95. The predicted molar refractivity (Wildman–Crippen MR) is 82.3 cm³/mol. The standard InChI is InChI=1S/C7H8O3S.C6H5ClO3S/c1-6-2-4-7(5-3-6)11(8,9)10;7-5-1-3-6(4-2-5)11(8,9)10/h2-5H,1H3,(H,8,9,10);1-4H,(H,8,9,10). The van der Waals surface area contributed by atoms with Crippen LogP contribution >= 0.6 is 11.6 Å². The SMILES string of the molecule is Cc1ccc(S(=O)(=O)O)cc1.O=S(=O)(O)c1ccc(Cl)cc1. The van der Waals surface area contributed by atoms with Gasteiger partial charge in [0, 0.05) is 5.02 Å². The van der Waals surface area contributed by atoms with E-state index in [4.69, 9.17) is 20.7 Å². The van der Waals surface area contributed by atoms with Crippen molar-refractivity contribution in [3.63, 3.8) is 0 Å². The average molecular weight is 365 g/mol. The van der Waals surface area contributed by atoms with E-state index in [1.165, 1.54) is 36.4 Å². The normalized spacial score (nSPS) is 11.5. The van der Waals surface area contributed by atoms with Gasteiger partial charge in [0.1, 0.15) is 0 Å². The summed E-state index contributed by atoms with van der Waals surface area (Å²) in [6.07, 6.45) is 0. The van der Waals surface area contributed by atoms with Gasteiger partial charge in [-0.3, -0.25) is 9.11 Å². The second-order valence-corrected chi connectivity index (χ2v) is 7.50. The van der Waals surface area contributed by atoms with E-state index in [1.807, 2.05) is 6.92 Å². The molecule has 0 saturated heterocycles. The lowest BCUT2D eigenvalue weighted by Crippen LogP contribution is -1.96. The van der Waals surface area contributed by atoms with Crippen LogP contribution in [0.2, 0.25) is 5.02 Å². The maximum Gasteiger partial charge on any atom is 0.294 e. The van der Waals surface area contributed by atoms with Crippen LogP contribution in [0.15, 0.2) is 58.3 Å². The number of aryl methyl sites for hydroxylation is 1. The smallest absolute Gasteiger partial charge is 0.282 e. The summed E-state index contributed by atoms with van der Waals surface area (Å²) in [6.45, 7) is 1.84. The van der Waals surface area contributed by atoms with Gasteiger partial charge in [-0.15, -0.1) is 0 Å². The van der Waals surface area contributed by atoms with E-state index in [2.05, 4.69) is 0 Å². The molecule has 2 aromatic carbocycles. The Bertz CT molecular complexity index is 752. The van der Waals surface area contributed by atoms with Crippen molar-refractivity contribution in [2.24, 2.45) is 0 Å². The zero-order chi connectivity index (χ0) is 17.0. The quantitative estimate of drug-likeness (QED) is 0.793. The summed E-state index contributed by atoms with van der Waals surface area (Å²) in [5.74, 6) is 0. The molecule has 9 heteroatoms. The average Bonchev–Trinajstić information content (AvgIpc) is 2.38. The van der Waals surface area contributed by atoms with E-state index in [-0.39, 0.29) is 9.79 Å². The summed E-state index contributed by atoms with van der Waals surface area (Å²) in [5, 5.41) is 0.428. The van der Waals surface area contributed by atoms with Crippen molar-refractivity contribution in [1.29, 1.82) is 0 Å². The van der Waals surface area contributed by atoms with Crippen LogP contribution in [0.25, 0.3) is 0 Å². The molecule has 120 valence electrons. The van der Waals surface area contributed by atoms with Gasteiger partial charge in [0.25, 0.3) is 20.2 Å². The van der Waals surface area contributed by atoms with Crippen molar-refractivity contribution < 1.29 is 25.9 Å². The van der Waals surface area contributed by atoms with Crippen LogP contribution in [0, 0.1) is 6.92 Å². The van der Waals surface area contributed by atoms with Crippen molar-refractivity contribution in [1.82, 2.24) is 0 Å². The highest BCUT2D eigenvalue weighted by molar-refractivity contribution is 7.86. The maximum absolute atomic E-state index is 10.5. The molecule has 0 aliphatic heterocycles. The molecule has 2 rings (SSSR count). The van der Waals surface area contributed by atoms with Gasteiger partial charge in [-0.2, -0.15) is 16.8 Å². The molecule has 0 radical (unpaired) electrons. The van der Waals surface area contributed by atoms with Gasteiger partial charge < -0.3 is 0 Å². The number of halogens is 1. The molecule has 0 aromatic heterocycles. The number of rotatable bonds is 2. The fourth-order valence-corrected chi connectivity index (χ4v) is 2.40. The third kappa shape index (κ3) is 6.12. The van der Waals surface area contributed by atoms with Crippen molar-refractivity contribution >= 4 is 31.8 Å². The van der Waals surface area contributed by atoms with E-state index in [0.29, 0.717) is 5.02 Å². The Kier molecular flexibility index (Phi) is 6.09. The Morgan fingerprint density at radius 1 is 0.727 bits per heavy atom. The molecule has 6 nitrogen and oxygen atoms in total. The van der Waals surface area contributed by atoms with Gasteiger partial charge in [0.15, 0.2) is 0 Å². The Balaban J connectivity index is 0.000000220. The van der Waals surface area contributed by atoms with Crippen LogP contribution < -0.4 is 0 Å².